The molecule has 8 nitrogen and oxygen atoms in total. The lowest BCUT2D eigenvalue weighted by Crippen LogP contribution is -2.31. The molecule has 3 rings (SSSR count). The van der Waals surface area contributed by atoms with E-state index >= 15 is 0 Å². The smallest absolute Gasteiger partial charge is 0.272 e. The van der Waals surface area contributed by atoms with Crippen molar-refractivity contribution in [1.82, 2.24) is 19.8 Å². The summed E-state index contributed by atoms with van der Waals surface area (Å²) in [6.45, 7) is 6.23. The maximum absolute atomic E-state index is 12.6. The van der Waals surface area contributed by atoms with Gasteiger partial charge in [-0.15, -0.1) is 0 Å². The van der Waals surface area contributed by atoms with Gasteiger partial charge in [0, 0.05) is 18.5 Å². The number of aromatic amines is 1. The molecule has 2 N–H and O–H groups in total. The average molecular weight is 443 g/mol. The molecular formula is C22H26N4O4S. The molecule has 0 saturated carbocycles. The van der Waals surface area contributed by atoms with Gasteiger partial charge in [-0.2, -0.15) is 9.40 Å². The number of rotatable bonds is 8. The van der Waals surface area contributed by atoms with E-state index in [1.165, 1.54) is 4.31 Å². The average Bonchev–Trinajstić information content (AvgIpc) is 2.76. The lowest BCUT2D eigenvalue weighted by atomic mass is 10.1. The normalized spacial score (nSPS) is 12.8. The largest absolute Gasteiger partial charge is 0.349 e. The van der Waals surface area contributed by atoms with Crippen LogP contribution in [0.15, 0.2) is 58.2 Å². The summed E-state index contributed by atoms with van der Waals surface area (Å²) in [5.41, 5.74) is 0.972. The van der Waals surface area contributed by atoms with E-state index in [0.29, 0.717) is 29.6 Å². The number of fused-ring (bicyclic) bond motifs is 1. The molecule has 1 heterocycles. The number of amides is 1. The molecule has 164 valence electrons. The van der Waals surface area contributed by atoms with Crippen LogP contribution >= 0.6 is 0 Å². The molecule has 3 aromatic rings. The monoisotopic (exact) mass is 442 g/mol. The van der Waals surface area contributed by atoms with Crippen LogP contribution in [0.5, 0.6) is 0 Å². The number of hydrogen-bond donors (Lipinski definition) is 2. The molecule has 1 atom stereocenters. The van der Waals surface area contributed by atoms with Crippen molar-refractivity contribution >= 4 is 26.7 Å². The van der Waals surface area contributed by atoms with Gasteiger partial charge in [-0.1, -0.05) is 44.2 Å². The zero-order valence-corrected chi connectivity index (χ0v) is 18.6. The third kappa shape index (κ3) is 4.83. The number of benzene rings is 2. The van der Waals surface area contributed by atoms with Crippen LogP contribution in [0.1, 0.15) is 38.1 Å². The van der Waals surface area contributed by atoms with Crippen molar-refractivity contribution in [3.63, 3.8) is 0 Å². The molecule has 1 unspecified atom stereocenters. The molecule has 0 saturated heterocycles. The zero-order valence-electron chi connectivity index (χ0n) is 17.8. The van der Waals surface area contributed by atoms with Gasteiger partial charge in [-0.3, -0.25) is 9.59 Å². The van der Waals surface area contributed by atoms with Gasteiger partial charge in [0.05, 0.1) is 28.4 Å². The van der Waals surface area contributed by atoms with Crippen molar-refractivity contribution in [3.05, 3.63) is 70.1 Å². The van der Waals surface area contributed by atoms with Gasteiger partial charge >= 0.3 is 0 Å². The van der Waals surface area contributed by atoms with Crippen molar-refractivity contribution in [2.75, 3.05) is 13.1 Å². The van der Waals surface area contributed by atoms with E-state index in [4.69, 9.17) is 0 Å². The molecule has 9 heteroatoms. The van der Waals surface area contributed by atoms with Crippen LogP contribution in [0.4, 0.5) is 0 Å². The fourth-order valence-corrected chi connectivity index (χ4v) is 4.93. The number of nitrogens with zero attached hydrogens (tertiary/aromatic N) is 2. The molecule has 1 aromatic heterocycles. The van der Waals surface area contributed by atoms with Crippen LogP contribution in [0.2, 0.25) is 0 Å². The number of hydrogen-bond acceptors (Lipinski definition) is 5. The predicted molar refractivity (Wildman–Crippen MR) is 119 cm³/mol. The van der Waals surface area contributed by atoms with E-state index in [1.807, 2.05) is 6.92 Å². The summed E-state index contributed by atoms with van der Waals surface area (Å²) in [5, 5.41) is 10.5. The molecule has 1 amide bonds. The van der Waals surface area contributed by atoms with Gasteiger partial charge in [0.2, 0.25) is 15.9 Å². The maximum Gasteiger partial charge on any atom is 0.272 e. The zero-order chi connectivity index (χ0) is 22.6. The van der Waals surface area contributed by atoms with Gasteiger partial charge in [0.1, 0.15) is 0 Å². The minimum atomic E-state index is -3.52. The molecule has 0 aliphatic heterocycles. The molecule has 0 aliphatic rings. The van der Waals surface area contributed by atoms with Gasteiger partial charge < -0.3 is 5.32 Å². The Kier molecular flexibility index (Phi) is 6.87. The Bertz CT molecular complexity index is 1230. The van der Waals surface area contributed by atoms with Crippen LogP contribution in [-0.2, 0) is 21.2 Å². The summed E-state index contributed by atoms with van der Waals surface area (Å²) >= 11 is 0. The van der Waals surface area contributed by atoms with Crippen molar-refractivity contribution in [2.45, 2.75) is 38.1 Å². The number of carbonyl (C=O) groups excluding carboxylic acids is 1. The first-order valence-electron chi connectivity index (χ1n) is 10.1. The van der Waals surface area contributed by atoms with Crippen LogP contribution in [0.25, 0.3) is 10.8 Å². The summed E-state index contributed by atoms with van der Waals surface area (Å²) in [6, 6.07) is 13.2. The summed E-state index contributed by atoms with van der Waals surface area (Å²) in [4.78, 5) is 24.7. The second kappa shape index (κ2) is 9.40. The highest BCUT2D eigenvalue weighted by Crippen LogP contribution is 2.20. The molecule has 0 bridgehead atoms. The number of H-pyrrole nitrogens is 1. The Morgan fingerprint density at radius 1 is 1.06 bits per heavy atom. The first kappa shape index (κ1) is 22.6. The highest BCUT2D eigenvalue weighted by molar-refractivity contribution is 7.89. The third-order valence-corrected chi connectivity index (χ3v) is 7.27. The number of carbonyl (C=O) groups is 1. The Morgan fingerprint density at radius 3 is 2.29 bits per heavy atom. The number of sulfonamides is 1. The van der Waals surface area contributed by atoms with E-state index in [2.05, 4.69) is 15.5 Å². The summed E-state index contributed by atoms with van der Waals surface area (Å²) in [7, 11) is -3.52. The van der Waals surface area contributed by atoms with Gasteiger partial charge in [-0.25, -0.2) is 13.5 Å². The SMILES string of the molecule is CCN(CC)S(=O)(=O)c1ccc(C(C)NC(=O)Cc2n[nH]c(=O)c3ccccc23)cc1. The standard InChI is InChI=1S/C22H26N4O4S/c1-4-26(5-2)31(29,30)17-12-10-16(11-13-17)15(3)23-21(27)14-20-18-8-6-7-9-19(18)22(28)25-24-20/h6-13,15H,4-5,14H2,1-3H3,(H,23,27)(H,25,28). The first-order chi connectivity index (χ1) is 14.8. The minimum absolute atomic E-state index is 0.00998. The quantitative estimate of drug-likeness (QED) is 0.556. The van der Waals surface area contributed by atoms with E-state index in [9.17, 15) is 18.0 Å². The summed E-state index contributed by atoms with van der Waals surface area (Å²) in [6.07, 6.45) is 0.00998. The fourth-order valence-electron chi connectivity index (χ4n) is 3.48. The van der Waals surface area contributed by atoms with Crippen molar-refractivity contribution in [3.8, 4) is 0 Å². The van der Waals surface area contributed by atoms with Crippen LogP contribution in [0.3, 0.4) is 0 Å². The van der Waals surface area contributed by atoms with E-state index < -0.39 is 10.0 Å². The Labute approximate surface area is 181 Å². The van der Waals surface area contributed by atoms with Crippen molar-refractivity contribution in [2.24, 2.45) is 0 Å². The molecule has 0 fully saturated rings. The number of aromatic nitrogens is 2. The van der Waals surface area contributed by atoms with Gasteiger partial charge in [0.25, 0.3) is 5.56 Å². The van der Waals surface area contributed by atoms with Crippen LogP contribution in [0, 0.1) is 0 Å². The van der Waals surface area contributed by atoms with Crippen molar-refractivity contribution < 1.29 is 13.2 Å². The fraction of sp³-hybridized carbons (Fsp3) is 0.318. The summed E-state index contributed by atoms with van der Waals surface area (Å²) in [5.74, 6) is -0.253. The molecule has 0 aliphatic carbocycles. The Hall–Kier alpha value is -3.04. The Morgan fingerprint density at radius 2 is 1.68 bits per heavy atom. The highest BCUT2D eigenvalue weighted by Gasteiger charge is 2.22. The minimum Gasteiger partial charge on any atom is -0.349 e. The summed E-state index contributed by atoms with van der Waals surface area (Å²) < 4.78 is 26.6. The van der Waals surface area contributed by atoms with Crippen molar-refractivity contribution in [1.29, 1.82) is 0 Å². The molecule has 31 heavy (non-hydrogen) atoms. The number of nitrogens with one attached hydrogen (secondary N) is 2. The second-order valence-corrected chi connectivity index (χ2v) is 9.11. The lowest BCUT2D eigenvalue weighted by Gasteiger charge is -2.19. The topological polar surface area (TPSA) is 112 Å². The molecule has 0 spiro atoms. The molecule has 2 aromatic carbocycles. The molecular weight excluding hydrogens is 416 g/mol. The third-order valence-electron chi connectivity index (χ3n) is 5.20. The van der Waals surface area contributed by atoms with Gasteiger partial charge in [-0.05, 0) is 30.7 Å². The van der Waals surface area contributed by atoms with E-state index in [1.54, 1.807) is 62.4 Å². The van der Waals surface area contributed by atoms with Gasteiger partial charge in [0.15, 0.2) is 0 Å². The Balaban J connectivity index is 1.72. The second-order valence-electron chi connectivity index (χ2n) is 7.17. The maximum atomic E-state index is 12.6. The van der Waals surface area contributed by atoms with Crippen LogP contribution in [-0.4, -0.2) is 41.9 Å². The predicted octanol–water partition coefficient (Wildman–Crippen LogP) is 2.37. The highest BCUT2D eigenvalue weighted by atomic mass is 32.2. The van der Waals surface area contributed by atoms with E-state index in [0.717, 1.165) is 5.56 Å². The van der Waals surface area contributed by atoms with E-state index in [-0.39, 0.29) is 28.8 Å². The lowest BCUT2D eigenvalue weighted by molar-refractivity contribution is -0.121. The molecule has 0 radical (unpaired) electrons. The van der Waals surface area contributed by atoms with Crippen LogP contribution < -0.4 is 10.9 Å². The first-order valence-corrected chi connectivity index (χ1v) is 11.6.